The second kappa shape index (κ2) is 6.17. The third kappa shape index (κ3) is 2.73. The summed E-state index contributed by atoms with van der Waals surface area (Å²) >= 11 is 0. The molecule has 0 bridgehead atoms. The zero-order chi connectivity index (χ0) is 20.2. The van der Waals surface area contributed by atoms with Gasteiger partial charge in [-0.1, -0.05) is 36.4 Å². The number of anilines is 2. The molecule has 2 aromatic rings. The summed E-state index contributed by atoms with van der Waals surface area (Å²) in [7, 11) is 1.45. The van der Waals surface area contributed by atoms with Gasteiger partial charge in [0.05, 0.1) is 25.2 Å². The van der Waals surface area contributed by atoms with E-state index in [-0.39, 0.29) is 0 Å². The number of rotatable bonds is 4. The molecule has 2 aliphatic rings. The number of hydrogen-bond donors (Lipinski definition) is 2. The fourth-order valence-corrected chi connectivity index (χ4v) is 4.17. The zero-order valence-corrected chi connectivity index (χ0v) is 15.5. The highest BCUT2D eigenvalue weighted by molar-refractivity contribution is 5.81. The Hall–Kier alpha value is -2.67. The van der Waals surface area contributed by atoms with Gasteiger partial charge in [0.2, 0.25) is 0 Å². The molecule has 3 atom stereocenters. The fraction of sp³-hybridized carbons (Fsp3) is 0.333. The average Bonchev–Trinajstić information content (AvgIpc) is 3.44. The van der Waals surface area contributed by atoms with Crippen molar-refractivity contribution in [2.45, 2.75) is 30.2 Å². The minimum atomic E-state index is -4.53. The van der Waals surface area contributed by atoms with Gasteiger partial charge < -0.3 is 20.5 Å². The zero-order valence-electron chi connectivity index (χ0n) is 15.5. The summed E-state index contributed by atoms with van der Waals surface area (Å²) in [5.41, 5.74) is 5.09. The topological polar surface area (TPSA) is 59.8 Å². The standard InChI is InChI=1S/C21H21F3N2O2/c1-19(11-10-13-15(25)7-5-8-16(13)26-19)18(20(12-28-20)21(22,23)24)14-6-3-4-9-17(14)27-2/h3-11,18,26H,12,25H2,1-2H3. The number of methoxy groups -OCH3 is 1. The summed E-state index contributed by atoms with van der Waals surface area (Å²) in [6, 6.07) is 12.1. The second-order valence-corrected chi connectivity index (χ2v) is 7.40. The van der Waals surface area contributed by atoms with Crippen molar-refractivity contribution in [1.29, 1.82) is 0 Å². The van der Waals surface area contributed by atoms with E-state index in [2.05, 4.69) is 5.32 Å². The Kier molecular flexibility index (Phi) is 4.12. The van der Waals surface area contributed by atoms with E-state index < -0.39 is 29.8 Å². The van der Waals surface area contributed by atoms with Gasteiger partial charge in [0, 0.05) is 22.5 Å². The number of nitrogens with two attached hydrogens (primary N) is 1. The summed E-state index contributed by atoms with van der Waals surface area (Å²) < 4.78 is 52.9. The third-order valence-electron chi connectivity index (χ3n) is 5.59. The van der Waals surface area contributed by atoms with Gasteiger partial charge >= 0.3 is 6.18 Å². The molecule has 0 amide bonds. The normalized spacial score (nSPS) is 26.9. The first-order valence-corrected chi connectivity index (χ1v) is 8.91. The van der Waals surface area contributed by atoms with E-state index >= 15 is 0 Å². The molecule has 2 aromatic carbocycles. The van der Waals surface area contributed by atoms with E-state index in [1.165, 1.54) is 7.11 Å². The number of fused-ring (bicyclic) bond motifs is 1. The highest BCUT2D eigenvalue weighted by Crippen LogP contribution is 2.59. The molecule has 2 aliphatic heterocycles. The van der Waals surface area contributed by atoms with Crippen molar-refractivity contribution in [3.8, 4) is 5.75 Å². The summed E-state index contributed by atoms with van der Waals surface area (Å²) in [6.45, 7) is 1.34. The Morgan fingerprint density at radius 2 is 1.89 bits per heavy atom. The van der Waals surface area contributed by atoms with Crippen LogP contribution in [0.3, 0.4) is 0 Å². The van der Waals surface area contributed by atoms with Gasteiger partial charge in [-0.3, -0.25) is 0 Å². The molecule has 0 saturated carbocycles. The van der Waals surface area contributed by atoms with Crippen LogP contribution >= 0.6 is 0 Å². The number of para-hydroxylation sites is 1. The van der Waals surface area contributed by atoms with Gasteiger partial charge in [-0.25, -0.2) is 0 Å². The highest BCUT2D eigenvalue weighted by atomic mass is 19.4. The number of epoxide rings is 1. The van der Waals surface area contributed by atoms with Crippen LogP contribution in [0, 0.1) is 0 Å². The first-order valence-electron chi connectivity index (χ1n) is 8.91. The Labute approximate surface area is 161 Å². The van der Waals surface area contributed by atoms with Crippen molar-refractivity contribution in [2.75, 3.05) is 24.8 Å². The van der Waals surface area contributed by atoms with Gasteiger partial charge in [-0.15, -0.1) is 0 Å². The molecule has 0 spiro atoms. The van der Waals surface area contributed by atoms with Crippen LogP contribution in [0.5, 0.6) is 5.75 Å². The molecule has 1 saturated heterocycles. The van der Waals surface area contributed by atoms with E-state index in [0.717, 1.165) is 5.56 Å². The van der Waals surface area contributed by atoms with Crippen molar-refractivity contribution in [1.82, 2.24) is 0 Å². The number of alkyl halides is 3. The Balaban J connectivity index is 1.88. The molecule has 0 aliphatic carbocycles. The number of halogens is 3. The molecule has 3 N–H and O–H groups in total. The van der Waals surface area contributed by atoms with Crippen molar-refractivity contribution >= 4 is 17.5 Å². The summed E-state index contributed by atoms with van der Waals surface area (Å²) in [5.74, 6) is -0.677. The Morgan fingerprint density at radius 1 is 1.18 bits per heavy atom. The molecular weight excluding hydrogens is 369 g/mol. The number of nitrogen functional groups attached to an aromatic ring is 1. The predicted molar refractivity (Wildman–Crippen MR) is 102 cm³/mol. The van der Waals surface area contributed by atoms with Gasteiger partial charge in [0.25, 0.3) is 0 Å². The SMILES string of the molecule is COc1ccccc1C(C1(C)C=Cc2c(N)cccc2N1)C1(C(F)(F)F)CO1. The number of nitrogens with one attached hydrogen (secondary N) is 1. The van der Waals surface area contributed by atoms with Crippen LogP contribution in [0.4, 0.5) is 24.5 Å². The molecule has 28 heavy (non-hydrogen) atoms. The van der Waals surface area contributed by atoms with Crippen LogP contribution in [-0.4, -0.2) is 31.0 Å². The largest absolute Gasteiger partial charge is 0.496 e. The van der Waals surface area contributed by atoms with Crippen molar-refractivity contribution < 1.29 is 22.6 Å². The fourth-order valence-electron chi connectivity index (χ4n) is 4.17. The molecule has 3 unspecified atom stereocenters. The van der Waals surface area contributed by atoms with Crippen molar-refractivity contribution in [3.05, 3.63) is 59.7 Å². The lowest BCUT2D eigenvalue weighted by molar-refractivity contribution is -0.193. The number of hydrogen-bond acceptors (Lipinski definition) is 4. The molecule has 1 fully saturated rings. The summed E-state index contributed by atoms with van der Waals surface area (Å²) in [5, 5.41) is 3.28. The minimum absolute atomic E-state index is 0.390. The lowest BCUT2D eigenvalue weighted by Gasteiger charge is -2.43. The van der Waals surface area contributed by atoms with Crippen LogP contribution in [0.1, 0.15) is 24.0 Å². The van der Waals surface area contributed by atoms with E-state index in [0.29, 0.717) is 22.7 Å². The number of benzene rings is 2. The van der Waals surface area contributed by atoms with E-state index in [4.69, 9.17) is 15.2 Å². The van der Waals surface area contributed by atoms with Gasteiger partial charge in [0.15, 0.2) is 5.60 Å². The lowest BCUT2D eigenvalue weighted by atomic mass is 9.70. The predicted octanol–water partition coefficient (Wildman–Crippen LogP) is 4.59. The van der Waals surface area contributed by atoms with Crippen LogP contribution in [-0.2, 0) is 4.74 Å². The highest BCUT2D eigenvalue weighted by Gasteiger charge is 2.73. The van der Waals surface area contributed by atoms with Crippen molar-refractivity contribution in [3.63, 3.8) is 0 Å². The smallest absolute Gasteiger partial charge is 0.420 e. The average molecular weight is 390 g/mol. The summed E-state index contributed by atoms with van der Waals surface area (Å²) in [6.07, 6.45) is -1.03. The molecule has 0 aromatic heterocycles. The third-order valence-corrected chi connectivity index (χ3v) is 5.59. The summed E-state index contributed by atoms with van der Waals surface area (Å²) in [4.78, 5) is 0. The van der Waals surface area contributed by atoms with E-state index in [9.17, 15) is 13.2 Å². The van der Waals surface area contributed by atoms with Gasteiger partial charge in [-0.2, -0.15) is 13.2 Å². The quantitative estimate of drug-likeness (QED) is 0.592. The monoisotopic (exact) mass is 390 g/mol. The first-order chi connectivity index (χ1) is 13.2. The first kappa shape index (κ1) is 18.7. The van der Waals surface area contributed by atoms with Crippen LogP contribution < -0.4 is 15.8 Å². The van der Waals surface area contributed by atoms with Crippen LogP contribution in [0.2, 0.25) is 0 Å². The minimum Gasteiger partial charge on any atom is -0.496 e. The maximum absolute atomic E-state index is 14.1. The van der Waals surface area contributed by atoms with Gasteiger partial charge in [-0.05, 0) is 25.1 Å². The van der Waals surface area contributed by atoms with Gasteiger partial charge in [0.1, 0.15) is 5.75 Å². The van der Waals surface area contributed by atoms with E-state index in [1.807, 2.05) is 0 Å². The second-order valence-electron chi connectivity index (χ2n) is 7.40. The maximum Gasteiger partial charge on any atom is 0.420 e. The molecule has 4 rings (SSSR count). The van der Waals surface area contributed by atoms with Crippen LogP contribution in [0.25, 0.3) is 6.08 Å². The molecule has 0 radical (unpaired) electrons. The number of ether oxygens (including phenoxy) is 2. The van der Waals surface area contributed by atoms with E-state index in [1.54, 1.807) is 61.5 Å². The Morgan fingerprint density at radius 3 is 2.54 bits per heavy atom. The lowest BCUT2D eigenvalue weighted by Crippen LogP contribution is -2.53. The molecule has 148 valence electrons. The molecule has 4 nitrogen and oxygen atoms in total. The molecule has 7 heteroatoms. The van der Waals surface area contributed by atoms with Crippen molar-refractivity contribution in [2.24, 2.45) is 0 Å². The Bertz CT molecular complexity index is 937. The maximum atomic E-state index is 14.1. The van der Waals surface area contributed by atoms with Crippen LogP contribution in [0.15, 0.2) is 48.5 Å². The molecular formula is C21H21F3N2O2. The molecule has 2 heterocycles.